The predicted octanol–water partition coefficient (Wildman–Crippen LogP) is 3.62. The number of anilines is 1. The van der Waals surface area contributed by atoms with Crippen molar-refractivity contribution in [1.82, 2.24) is 10.2 Å². The number of carbonyl (C=O) groups is 3. The predicted molar refractivity (Wildman–Crippen MR) is 140 cm³/mol. The van der Waals surface area contributed by atoms with Gasteiger partial charge in [-0.2, -0.15) is 0 Å². The molecule has 8 heteroatoms. The third-order valence-corrected chi connectivity index (χ3v) is 9.35. The summed E-state index contributed by atoms with van der Waals surface area (Å²) in [6, 6.07) is 6.83. The van der Waals surface area contributed by atoms with Crippen molar-refractivity contribution in [2.24, 2.45) is 23.7 Å². The van der Waals surface area contributed by atoms with Gasteiger partial charge in [-0.1, -0.05) is 51.0 Å². The number of hydrogen-bond acceptors (Lipinski definition) is 5. The monoisotopic (exact) mass is 509 g/mol. The van der Waals surface area contributed by atoms with Crippen molar-refractivity contribution in [2.45, 2.75) is 61.8 Å². The van der Waals surface area contributed by atoms with Crippen molar-refractivity contribution >= 4 is 35.2 Å². The van der Waals surface area contributed by atoms with Gasteiger partial charge in [-0.05, 0) is 42.7 Å². The fraction of sp³-hybridized carbons (Fsp3) is 0.536. The highest BCUT2D eigenvalue weighted by atomic mass is 32.2. The summed E-state index contributed by atoms with van der Waals surface area (Å²) in [5, 5.41) is 6.24. The summed E-state index contributed by atoms with van der Waals surface area (Å²) in [5.41, 5.74) is -0.475. The second-order valence-electron chi connectivity index (χ2n) is 10.6. The zero-order valence-electron chi connectivity index (χ0n) is 21.1. The minimum atomic E-state index is -1.15. The molecule has 1 spiro atoms. The third kappa shape index (κ3) is 3.98. The van der Waals surface area contributed by atoms with Crippen molar-refractivity contribution in [3.8, 4) is 0 Å². The Hall–Kier alpha value is -2.58. The summed E-state index contributed by atoms with van der Waals surface area (Å²) in [7, 11) is 0. The Morgan fingerprint density at radius 2 is 2.08 bits per heavy atom. The van der Waals surface area contributed by atoms with Crippen LogP contribution < -0.4 is 10.6 Å². The third-order valence-electron chi connectivity index (χ3n) is 8.62. The maximum atomic E-state index is 13.8. The maximum Gasteiger partial charge on any atom is 0.246 e. The molecule has 3 amide bonds. The topological polar surface area (TPSA) is 87.7 Å². The number of fused-ring (bicyclic) bond motifs is 1. The highest BCUT2D eigenvalue weighted by Crippen LogP contribution is 2.55. The molecular formula is C28H35N3O4S. The lowest BCUT2D eigenvalue weighted by Gasteiger charge is -2.37. The Morgan fingerprint density at radius 3 is 2.83 bits per heavy atom. The van der Waals surface area contributed by atoms with E-state index in [9.17, 15) is 14.4 Å². The van der Waals surface area contributed by atoms with Gasteiger partial charge in [-0.25, -0.2) is 0 Å². The van der Waals surface area contributed by atoms with Crippen LogP contribution in [-0.2, 0) is 19.1 Å². The molecule has 7 nitrogen and oxygen atoms in total. The molecule has 1 saturated carbocycles. The molecule has 4 aliphatic rings. The lowest BCUT2D eigenvalue weighted by molar-refractivity contribution is -0.141. The van der Waals surface area contributed by atoms with Gasteiger partial charge in [0.25, 0.3) is 0 Å². The zero-order chi connectivity index (χ0) is 25.6. The van der Waals surface area contributed by atoms with Gasteiger partial charge in [0, 0.05) is 23.2 Å². The van der Waals surface area contributed by atoms with E-state index in [2.05, 4.69) is 31.1 Å². The zero-order valence-corrected chi connectivity index (χ0v) is 21.9. The lowest BCUT2D eigenvalue weighted by atomic mass is 9.73. The van der Waals surface area contributed by atoms with Gasteiger partial charge in [0.2, 0.25) is 17.7 Å². The molecule has 8 atom stereocenters. The second kappa shape index (κ2) is 9.71. The number of nitrogens with one attached hydrogen (secondary N) is 2. The summed E-state index contributed by atoms with van der Waals surface area (Å²) < 4.78 is 6.38. The van der Waals surface area contributed by atoms with E-state index in [0.717, 1.165) is 24.2 Å². The fourth-order valence-corrected chi connectivity index (χ4v) is 7.04. The van der Waals surface area contributed by atoms with E-state index in [4.69, 9.17) is 4.74 Å². The molecule has 6 unspecified atom stereocenters. The van der Waals surface area contributed by atoms with Crippen LogP contribution in [0.4, 0.5) is 5.69 Å². The van der Waals surface area contributed by atoms with E-state index < -0.39 is 29.6 Å². The summed E-state index contributed by atoms with van der Waals surface area (Å²) in [6.45, 7) is 8.43. The van der Waals surface area contributed by atoms with Gasteiger partial charge in [0.15, 0.2) is 0 Å². The standard InChI is InChI=1S/C28H35N3O4S/c1-5-14-31-24(26(33)30-20-11-6-8-16(2)17(20)3)28-13-12-21(35-28)22(23(28)27(31)34)25(32)29-18-9-7-10-19(15-18)36-4/h5,7,9-10,12-13,15-17,20-24H,1,6,8,11,14H2,2-4H3,(H,29,32)(H,30,33)/t16?,17?,20?,21-,22?,23-,24?,28?/m0/s1. The van der Waals surface area contributed by atoms with Crippen LogP contribution in [0.3, 0.4) is 0 Å². The molecule has 1 aromatic carbocycles. The first-order valence-electron chi connectivity index (χ1n) is 12.8. The van der Waals surface area contributed by atoms with Crippen LogP contribution >= 0.6 is 11.8 Å². The van der Waals surface area contributed by atoms with Crippen LogP contribution in [0.5, 0.6) is 0 Å². The van der Waals surface area contributed by atoms with Crippen LogP contribution in [0.2, 0.25) is 0 Å². The summed E-state index contributed by atoms with van der Waals surface area (Å²) >= 11 is 1.59. The molecular weight excluding hydrogens is 474 g/mol. The molecule has 2 saturated heterocycles. The quantitative estimate of drug-likeness (QED) is 0.433. The van der Waals surface area contributed by atoms with Gasteiger partial charge < -0.3 is 20.3 Å². The Labute approximate surface area is 217 Å². The van der Waals surface area contributed by atoms with Crippen molar-refractivity contribution < 1.29 is 19.1 Å². The average Bonchev–Trinajstić information content (AvgIpc) is 3.50. The maximum absolute atomic E-state index is 13.8. The number of carbonyl (C=O) groups excluding carboxylic acids is 3. The first kappa shape index (κ1) is 25.1. The first-order chi connectivity index (χ1) is 17.3. The summed E-state index contributed by atoms with van der Waals surface area (Å²) in [4.78, 5) is 43.6. The van der Waals surface area contributed by atoms with Crippen LogP contribution in [0.1, 0.15) is 33.1 Å². The molecule has 192 valence electrons. The van der Waals surface area contributed by atoms with Crippen molar-refractivity contribution in [2.75, 3.05) is 18.1 Å². The van der Waals surface area contributed by atoms with Crippen LogP contribution in [0.25, 0.3) is 0 Å². The molecule has 3 fully saturated rings. The van der Waals surface area contributed by atoms with Gasteiger partial charge in [-0.3, -0.25) is 14.4 Å². The molecule has 1 aromatic rings. The Morgan fingerprint density at radius 1 is 1.28 bits per heavy atom. The van der Waals surface area contributed by atoms with Gasteiger partial charge >= 0.3 is 0 Å². The van der Waals surface area contributed by atoms with Crippen LogP contribution in [-0.4, -0.2) is 59.2 Å². The molecule has 5 rings (SSSR count). The average molecular weight is 510 g/mol. The second-order valence-corrected chi connectivity index (χ2v) is 11.5. The Bertz CT molecular complexity index is 1110. The van der Waals surface area contributed by atoms with Gasteiger partial charge in [0.05, 0.1) is 17.9 Å². The number of ether oxygens (including phenoxy) is 1. The van der Waals surface area contributed by atoms with Crippen molar-refractivity contribution in [1.29, 1.82) is 0 Å². The fourth-order valence-electron chi connectivity index (χ4n) is 6.58. The lowest BCUT2D eigenvalue weighted by Crippen LogP contribution is -2.57. The number of likely N-dealkylation sites (tertiary alicyclic amines) is 1. The molecule has 0 aromatic heterocycles. The minimum Gasteiger partial charge on any atom is -0.359 e. The minimum absolute atomic E-state index is 0.0581. The number of benzene rings is 1. The molecule has 2 N–H and O–H groups in total. The molecule has 36 heavy (non-hydrogen) atoms. The smallest absolute Gasteiger partial charge is 0.246 e. The van der Waals surface area contributed by atoms with Crippen LogP contribution in [0.15, 0.2) is 54.0 Å². The highest BCUT2D eigenvalue weighted by Gasteiger charge is 2.72. The first-order valence-corrected chi connectivity index (χ1v) is 14.1. The summed E-state index contributed by atoms with van der Waals surface area (Å²) in [6.07, 6.45) is 9.91. The molecule has 1 aliphatic carbocycles. The SMILES string of the molecule is C=CCN1C(=O)[C@@H]2C(C(=O)Nc3cccc(SC)c3)[C@@H]3C=CC2(O3)C1C(=O)NC1CCCC(C)C1C. The molecule has 0 radical (unpaired) electrons. The largest absolute Gasteiger partial charge is 0.359 e. The van der Waals surface area contributed by atoms with Gasteiger partial charge in [0.1, 0.15) is 11.6 Å². The van der Waals surface area contributed by atoms with E-state index in [1.807, 2.05) is 42.7 Å². The van der Waals surface area contributed by atoms with Crippen molar-refractivity contribution in [3.63, 3.8) is 0 Å². The molecule has 3 heterocycles. The highest BCUT2D eigenvalue weighted by molar-refractivity contribution is 7.98. The van der Waals surface area contributed by atoms with Gasteiger partial charge in [-0.15, -0.1) is 18.3 Å². The van der Waals surface area contributed by atoms with E-state index in [-0.39, 0.29) is 30.3 Å². The van der Waals surface area contributed by atoms with Crippen molar-refractivity contribution in [3.05, 3.63) is 49.1 Å². The number of hydrogen-bond donors (Lipinski definition) is 2. The van der Waals surface area contributed by atoms with Crippen LogP contribution in [0, 0.1) is 23.7 Å². The van der Waals surface area contributed by atoms with E-state index >= 15 is 0 Å². The molecule has 2 bridgehead atoms. The van der Waals surface area contributed by atoms with E-state index in [1.54, 1.807) is 22.7 Å². The number of thioether (sulfide) groups is 1. The Balaban J connectivity index is 1.42. The van der Waals surface area contributed by atoms with E-state index in [1.165, 1.54) is 0 Å². The number of amides is 3. The Kier molecular flexibility index (Phi) is 6.76. The number of nitrogens with zero attached hydrogens (tertiary/aromatic N) is 1. The number of rotatable bonds is 7. The molecule has 3 aliphatic heterocycles. The van der Waals surface area contributed by atoms with E-state index in [0.29, 0.717) is 17.5 Å². The summed E-state index contributed by atoms with van der Waals surface area (Å²) in [5.74, 6) is -1.29. The normalized spacial score (nSPS) is 36.6.